The molecule has 1 N–H and O–H groups in total. The summed E-state index contributed by atoms with van der Waals surface area (Å²) in [5, 5.41) is 8.59. The van der Waals surface area contributed by atoms with Crippen LogP contribution in [0, 0.1) is 5.92 Å². The Bertz CT molecular complexity index is 147. The molecule has 5 heteroatoms. The molecule has 0 spiro atoms. The molecule has 0 aromatic heterocycles. The molecule has 0 bridgehead atoms. The second kappa shape index (κ2) is 6.24. The van der Waals surface area contributed by atoms with Crippen LogP contribution in [0.25, 0.3) is 0 Å². The van der Waals surface area contributed by atoms with E-state index in [0.29, 0.717) is 12.5 Å². The molecular weight excluding hydrogens is 195 g/mol. The Morgan fingerprint density at radius 2 is 1.79 bits per heavy atom. The quantitative estimate of drug-likeness (QED) is 0.728. The number of hydrogen-bond acceptors (Lipinski definition) is 2. The predicted molar refractivity (Wildman–Crippen MR) is 49.0 cm³/mol. The van der Waals surface area contributed by atoms with Crippen molar-refractivity contribution in [1.29, 1.82) is 0 Å². The lowest BCUT2D eigenvalue weighted by atomic mass is 10.1. The first-order valence-corrected chi connectivity index (χ1v) is 4.75. The van der Waals surface area contributed by atoms with Gasteiger partial charge in [0.2, 0.25) is 0 Å². The minimum atomic E-state index is -4.17. The summed E-state index contributed by atoms with van der Waals surface area (Å²) < 4.78 is 36.1. The molecule has 0 aliphatic carbocycles. The highest BCUT2D eigenvalue weighted by Crippen LogP contribution is 2.16. The van der Waals surface area contributed by atoms with Crippen LogP contribution in [0.15, 0.2) is 0 Å². The molecule has 0 heterocycles. The summed E-state index contributed by atoms with van der Waals surface area (Å²) in [6, 6.07) is 0. The zero-order chi connectivity index (χ0) is 11.2. The van der Waals surface area contributed by atoms with Gasteiger partial charge in [0.25, 0.3) is 0 Å². The molecule has 0 rings (SSSR count). The van der Waals surface area contributed by atoms with E-state index < -0.39 is 12.7 Å². The summed E-state index contributed by atoms with van der Waals surface area (Å²) in [7, 11) is 0. The average Bonchev–Trinajstić information content (AvgIpc) is 1.98. The van der Waals surface area contributed by atoms with Crippen molar-refractivity contribution >= 4 is 0 Å². The van der Waals surface area contributed by atoms with Gasteiger partial charge in [-0.3, -0.25) is 4.90 Å². The second-order valence-corrected chi connectivity index (χ2v) is 3.80. The highest BCUT2D eigenvalue weighted by atomic mass is 19.4. The second-order valence-electron chi connectivity index (χ2n) is 3.80. The van der Waals surface area contributed by atoms with Crippen molar-refractivity contribution < 1.29 is 18.3 Å². The van der Waals surface area contributed by atoms with E-state index in [-0.39, 0.29) is 13.2 Å². The van der Waals surface area contributed by atoms with E-state index in [9.17, 15) is 13.2 Å². The van der Waals surface area contributed by atoms with E-state index in [4.69, 9.17) is 5.11 Å². The topological polar surface area (TPSA) is 23.5 Å². The van der Waals surface area contributed by atoms with Crippen molar-refractivity contribution in [3.63, 3.8) is 0 Å². The Labute approximate surface area is 82.7 Å². The molecule has 2 nitrogen and oxygen atoms in total. The third-order valence-electron chi connectivity index (χ3n) is 1.84. The van der Waals surface area contributed by atoms with Crippen LogP contribution in [0.4, 0.5) is 13.2 Å². The summed E-state index contributed by atoms with van der Waals surface area (Å²) in [4.78, 5) is 1.24. The summed E-state index contributed by atoms with van der Waals surface area (Å²) in [5.74, 6) is 0.379. The minimum absolute atomic E-state index is 0.0895. The van der Waals surface area contributed by atoms with Crippen molar-refractivity contribution in [2.24, 2.45) is 5.92 Å². The monoisotopic (exact) mass is 213 g/mol. The summed E-state index contributed by atoms with van der Waals surface area (Å²) in [6.07, 6.45) is -3.46. The summed E-state index contributed by atoms with van der Waals surface area (Å²) in [6.45, 7) is 3.24. The van der Waals surface area contributed by atoms with E-state index in [0.717, 1.165) is 6.42 Å². The first-order chi connectivity index (χ1) is 6.35. The van der Waals surface area contributed by atoms with E-state index >= 15 is 0 Å². The van der Waals surface area contributed by atoms with Crippen molar-refractivity contribution in [3.05, 3.63) is 0 Å². The molecule has 0 amide bonds. The molecule has 86 valence electrons. The molecule has 0 aliphatic heterocycles. The summed E-state index contributed by atoms with van der Waals surface area (Å²) in [5.41, 5.74) is 0. The zero-order valence-electron chi connectivity index (χ0n) is 8.64. The van der Waals surface area contributed by atoms with Crippen LogP contribution in [0.1, 0.15) is 20.3 Å². The lowest BCUT2D eigenvalue weighted by Gasteiger charge is -2.23. The number of alkyl halides is 3. The van der Waals surface area contributed by atoms with Crippen molar-refractivity contribution in [2.45, 2.75) is 26.4 Å². The van der Waals surface area contributed by atoms with Gasteiger partial charge in [-0.1, -0.05) is 13.8 Å². The molecule has 0 saturated heterocycles. The van der Waals surface area contributed by atoms with Crippen molar-refractivity contribution in [3.8, 4) is 0 Å². The number of hydrogen-bond donors (Lipinski definition) is 1. The molecule has 0 fully saturated rings. The highest BCUT2D eigenvalue weighted by Gasteiger charge is 2.30. The van der Waals surface area contributed by atoms with E-state index in [2.05, 4.69) is 0 Å². The van der Waals surface area contributed by atoms with Gasteiger partial charge in [-0.05, 0) is 18.9 Å². The normalized spacial score (nSPS) is 12.9. The van der Waals surface area contributed by atoms with Crippen molar-refractivity contribution in [2.75, 3.05) is 26.2 Å². The molecule has 0 radical (unpaired) electrons. The number of aliphatic hydroxyl groups excluding tert-OH is 1. The fourth-order valence-corrected chi connectivity index (χ4v) is 1.11. The molecule has 0 aromatic carbocycles. The standard InChI is InChI=1S/C9H18F3NO/c1-8(2)3-4-13(5-6-14)7-9(10,11)12/h8,14H,3-7H2,1-2H3. The number of rotatable bonds is 6. The predicted octanol–water partition coefficient (Wildman–Crippen LogP) is 1.89. The van der Waals surface area contributed by atoms with Crippen LogP contribution < -0.4 is 0 Å². The van der Waals surface area contributed by atoms with Crippen LogP contribution in [-0.2, 0) is 0 Å². The van der Waals surface area contributed by atoms with Gasteiger partial charge in [0.1, 0.15) is 0 Å². The van der Waals surface area contributed by atoms with Gasteiger partial charge >= 0.3 is 6.18 Å². The number of aliphatic hydroxyl groups is 1. The van der Waals surface area contributed by atoms with Crippen LogP contribution >= 0.6 is 0 Å². The Morgan fingerprint density at radius 1 is 1.21 bits per heavy atom. The summed E-state index contributed by atoms with van der Waals surface area (Å²) >= 11 is 0. The highest BCUT2D eigenvalue weighted by molar-refractivity contribution is 4.63. The third-order valence-corrected chi connectivity index (χ3v) is 1.84. The molecule has 0 atom stereocenters. The van der Waals surface area contributed by atoms with Gasteiger partial charge in [-0.2, -0.15) is 13.2 Å². The fourth-order valence-electron chi connectivity index (χ4n) is 1.11. The van der Waals surface area contributed by atoms with Crippen LogP contribution in [0.5, 0.6) is 0 Å². The van der Waals surface area contributed by atoms with Crippen molar-refractivity contribution in [1.82, 2.24) is 4.90 Å². The van der Waals surface area contributed by atoms with Gasteiger partial charge in [-0.15, -0.1) is 0 Å². The Morgan fingerprint density at radius 3 is 2.14 bits per heavy atom. The van der Waals surface area contributed by atoms with Gasteiger partial charge in [0.15, 0.2) is 0 Å². The maximum atomic E-state index is 12.0. The largest absolute Gasteiger partial charge is 0.401 e. The SMILES string of the molecule is CC(C)CCN(CCO)CC(F)(F)F. The Kier molecular flexibility index (Phi) is 6.11. The zero-order valence-corrected chi connectivity index (χ0v) is 8.64. The maximum absolute atomic E-state index is 12.0. The molecule has 14 heavy (non-hydrogen) atoms. The van der Waals surface area contributed by atoms with E-state index in [1.807, 2.05) is 13.8 Å². The fraction of sp³-hybridized carbons (Fsp3) is 1.00. The van der Waals surface area contributed by atoms with Crippen LogP contribution in [0.2, 0.25) is 0 Å². The molecule has 0 aliphatic rings. The minimum Gasteiger partial charge on any atom is -0.395 e. The molecule has 0 aromatic rings. The van der Waals surface area contributed by atoms with E-state index in [1.54, 1.807) is 0 Å². The van der Waals surface area contributed by atoms with Gasteiger partial charge < -0.3 is 5.11 Å². The van der Waals surface area contributed by atoms with Crippen LogP contribution in [0.3, 0.4) is 0 Å². The molecular formula is C9H18F3NO. The average molecular weight is 213 g/mol. The lowest BCUT2D eigenvalue weighted by molar-refractivity contribution is -0.147. The third kappa shape index (κ3) is 8.31. The first kappa shape index (κ1) is 13.7. The Hall–Kier alpha value is -0.290. The molecule has 0 saturated carbocycles. The smallest absolute Gasteiger partial charge is 0.395 e. The van der Waals surface area contributed by atoms with Gasteiger partial charge in [0.05, 0.1) is 13.2 Å². The lowest BCUT2D eigenvalue weighted by Crippen LogP contribution is -2.37. The molecule has 0 unspecified atom stereocenters. The first-order valence-electron chi connectivity index (χ1n) is 4.75. The van der Waals surface area contributed by atoms with E-state index in [1.165, 1.54) is 4.90 Å². The maximum Gasteiger partial charge on any atom is 0.401 e. The van der Waals surface area contributed by atoms with Crippen LogP contribution in [-0.4, -0.2) is 42.4 Å². The van der Waals surface area contributed by atoms with Gasteiger partial charge in [-0.25, -0.2) is 0 Å². The number of nitrogens with zero attached hydrogens (tertiary/aromatic N) is 1. The van der Waals surface area contributed by atoms with Gasteiger partial charge in [0, 0.05) is 6.54 Å². The number of halogens is 3. The Balaban J connectivity index is 3.89.